The van der Waals surface area contributed by atoms with Crippen LogP contribution in [0.5, 0.6) is 0 Å². The molecule has 0 aromatic heterocycles. The lowest BCUT2D eigenvalue weighted by Gasteiger charge is -2.27. The normalized spacial score (nSPS) is 19.7. The molecule has 118 valence electrons. The quantitative estimate of drug-likeness (QED) is 0.617. The lowest BCUT2D eigenvalue weighted by atomic mass is 10.1. The van der Waals surface area contributed by atoms with E-state index in [-0.39, 0.29) is 29.3 Å². The zero-order valence-electron chi connectivity index (χ0n) is 12.5. The Balaban J connectivity index is 1.82. The summed E-state index contributed by atoms with van der Waals surface area (Å²) in [6.45, 7) is 2.98. The Morgan fingerprint density at radius 3 is 2.59 bits per heavy atom. The summed E-state index contributed by atoms with van der Waals surface area (Å²) < 4.78 is 11.0. The van der Waals surface area contributed by atoms with Gasteiger partial charge in [-0.05, 0) is 26.1 Å². The van der Waals surface area contributed by atoms with Crippen LogP contribution in [-0.4, -0.2) is 49.3 Å². The van der Waals surface area contributed by atoms with Crippen LogP contribution >= 0.6 is 0 Å². The number of hydroxylamine groups is 1. The topological polar surface area (TPSA) is 82.1 Å². The predicted molar refractivity (Wildman–Crippen MR) is 78.5 cm³/mol. The molecular weight excluding hydrogens is 288 g/mol. The van der Waals surface area contributed by atoms with E-state index in [1.807, 2.05) is 0 Å². The van der Waals surface area contributed by atoms with E-state index < -0.39 is 11.7 Å². The number of hydrogen-bond donors (Lipinski definition) is 0. The third kappa shape index (κ3) is 2.37. The number of carbonyl (C=O) groups is 2. The highest BCUT2D eigenvalue weighted by molar-refractivity contribution is 6.23. The number of imide groups is 1. The zero-order valence-corrected chi connectivity index (χ0v) is 12.5. The second-order valence-electron chi connectivity index (χ2n) is 5.54. The average molecular weight is 305 g/mol. The molecule has 22 heavy (non-hydrogen) atoms. The standard InChI is InChI=1S/C15H17N2O5/c1-15(21-8-9-22-15)6-7-17-13(18)10-4-3-5-11(16(2)20)12(10)14(17)19/h3-5H,6-9H2,1-2H3/q-1. The van der Waals surface area contributed by atoms with Gasteiger partial charge in [0.05, 0.1) is 24.3 Å². The van der Waals surface area contributed by atoms with Crippen LogP contribution in [0.25, 0.3) is 0 Å². The number of nitrogens with zero attached hydrogens (tertiary/aromatic N) is 2. The minimum absolute atomic E-state index is 0.170. The van der Waals surface area contributed by atoms with E-state index in [9.17, 15) is 14.8 Å². The predicted octanol–water partition coefficient (Wildman–Crippen LogP) is 1.37. The van der Waals surface area contributed by atoms with Gasteiger partial charge in [0.25, 0.3) is 11.8 Å². The second kappa shape index (κ2) is 5.35. The first-order valence-electron chi connectivity index (χ1n) is 7.11. The highest BCUT2D eigenvalue weighted by Gasteiger charge is 2.39. The van der Waals surface area contributed by atoms with Crippen molar-refractivity contribution in [3.05, 3.63) is 34.5 Å². The van der Waals surface area contributed by atoms with Crippen molar-refractivity contribution in [2.24, 2.45) is 0 Å². The summed E-state index contributed by atoms with van der Waals surface area (Å²) in [5, 5.41) is 12.2. The molecule has 0 N–H and O–H groups in total. The average Bonchev–Trinajstić information content (AvgIpc) is 3.01. The molecule has 0 aliphatic carbocycles. The number of amides is 2. The van der Waals surface area contributed by atoms with Crippen molar-refractivity contribution in [1.29, 1.82) is 0 Å². The van der Waals surface area contributed by atoms with Gasteiger partial charge in [-0.2, -0.15) is 0 Å². The van der Waals surface area contributed by atoms with Gasteiger partial charge >= 0.3 is 0 Å². The van der Waals surface area contributed by atoms with Crippen LogP contribution in [-0.2, 0) is 9.47 Å². The van der Waals surface area contributed by atoms with Crippen molar-refractivity contribution in [2.75, 3.05) is 31.9 Å². The largest absolute Gasteiger partial charge is 0.758 e. The van der Waals surface area contributed by atoms with Crippen molar-refractivity contribution < 1.29 is 19.1 Å². The molecule has 1 aromatic rings. The molecule has 1 fully saturated rings. The maximum Gasteiger partial charge on any atom is 0.263 e. The number of carbonyl (C=O) groups excluding carboxylic acids is 2. The lowest BCUT2D eigenvalue weighted by Crippen LogP contribution is -2.37. The maximum absolute atomic E-state index is 12.5. The molecule has 3 rings (SSSR count). The van der Waals surface area contributed by atoms with Crippen LogP contribution in [0.1, 0.15) is 34.1 Å². The lowest BCUT2D eigenvalue weighted by molar-refractivity contribution is -0.147. The van der Waals surface area contributed by atoms with Crippen LogP contribution in [0.3, 0.4) is 0 Å². The van der Waals surface area contributed by atoms with E-state index in [0.717, 1.165) is 4.90 Å². The van der Waals surface area contributed by atoms with Crippen molar-refractivity contribution >= 4 is 17.5 Å². The highest BCUT2D eigenvalue weighted by Crippen LogP contribution is 2.32. The summed E-state index contributed by atoms with van der Waals surface area (Å²) in [5.41, 5.74) is 0.643. The minimum Gasteiger partial charge on any atom is -0.758 e. The molecule has 0 bridgehead atoms. The molecule has 2 aliphatic rings. The van der Waals surface area contributed by atoms with Crippen molar-refractivity contribution in [1.82, 2.24) is 4.90 Å². The third-order valence-electron chi connectivity index (χ3n) is 4.00. The summed E-state index contributed by atoms with van der Waals surface area (Å²) >= 11 is 0. The first-order valence-corrected chi connectivity index (χ1v) is 7.11. The number of hydrogen-bond acceptors (Lipinski definition) is 6. The van der Waals surface area contributed by atoms with Crippen molar-refractivity contribution in [2.45, 2.75) is 19.1 Å². The number of fused-ring (bicyclic) bond motifs is 1. The number of anilines is 1. The van der Waals surface area contributed by atoms with Crippen molar-refractivity contribution in [3.8, 4) is 0 Å². The van der Waals surface area contributed by atoms with Gasteiger partial charge in [0.2, 0.25) is 0 Å². The molecule has 0 radical (unpaired) electrons. The molecule has 7 nitrogen and oxygen atoms in total. The van der Waals surface area contributed by atoms with Gasteiger partial charge in [-0.3, -0.25) is 14.5 Å². The SMILES string of the molecule is CN([O-])c1cccc2c1C(=O)N(CCC1(C)OCCO1)C2=O. The van der Waals surface area contributed by atoms with Gasteiger partial charge < -0.3 is 19.7 Å². The van der Waals surface area contributed by atoms with E-state index in [1.165, 1.54) is 13.1 Å². The summed E-state index contributed by atoms with van der Waals surface area (Å²) in [5.74, 6) is -1.60. The van der Waals surface area contributed by atoms with Crippen LogP contribution in [0.4, 0.5) is 5.69 Å². The molecule has 2 amide bonds. The fourth-order valence-corrected chi connectivity index (χ4v) is 2.80. The van der Waals surface area contributed by atoms with Gasteiger partial charge in [-0.25, -0.2) is 0 Å². The Bertz CT molecular complexity index is 622. The number of rotatable bonds is 4. The van der Waals surface area contributed by atoms with E-state index in [1.54, 1.807) is 19.1 Å². The van der Waals surface area contributed by atoms with Crippen LogP contribution < -0.4 is 5.06 Å². The summed E-state index contributed by atoms with van der Waals surface area (Å²) in [6.07, 6.45) is 0.390. The first kappa shape index (κ1) is 15.0. The van der Waals surface area contributed by atoms with Crippen LogP contribution in [0, 0.1) is 5.21 Å². The fraction of sp³-hybridized carbons (Fsp3) is 0.467. The van der Waals surface area contributed by atoms with Gasteiger partial charge in [-0.15, -0.1) is 0 Å². The van der Waals surface area contributed by atoms with Gasteiger partial charge in [0, 0.05) is 18.7 Å². The Hall–Kier alpha value is -1.96. The highest BCUT2D eigenvalue weighted by atomic mass is 16.7. The molecular formula is C15H17N2O5-. The zero-order chi connectivity index (χ0) is 15.9. The minimum atomic E-state index is -0.770. The first-order chi connectivity index (χ1) is 10.4. The molecule has 0 unspecified atom stereocenters. The number of ether oxygens (including phenoxy) is 2. The summed E-state index contributed by atoms with van der Waals surface area (Å²) in [6, 6.07) is 4.69. The molecule has 2 aliphatic heterocycles. The van der Waals surface area contributed by atoms with Gasteiger partial charge in [0.1, 0.15) is 0 Å². The molecule has 7 heteroatoms. The molecule has 2 heterocycles. The monoisotopic (exact) mass is 305 g/mol. The molecule has 0 atom stereocenters. The smallest absolute Gasteiger partial charge is 0.263 e. The Morgan fingerprint density at radius 2 is 1.95 bits per heavy atom. The van der Waals surface area contributed by atoms with E-state index in [4.69, 9.17) is 9.47 Å². The van der Waals surface area contributed by atoms with Gasteiger partial charge in [0.15, 0.2) is 5.79 Å². The Morgan fingerprint density at radius 1 is 1.27 bits per heavy atom. The molecule has 1 aromatic carbocycles. The maximum atomic E-state index is 12.5. The van der Waals surface area contributed by atoms with E-state index in [0.29, 0.717) is 24.7 Å². The Labute approximate surface area is 128 Å². The number of benzene rings is 1. The summed E-state index contributed by atoms with van der Waals surface area (Å²) in [4.78, 5) is 26.0. The Kier molecular flexibility index (Phi) is 3.64. The van der Waals surface area contributed by atoms with Crippen molar-refractivity contribution in [3.63, 3.8) is 0 Å². The fourth-order valence-electron chi connectivity index (χ4n) is 2.80. The van der Waals surface area contributed by atoms with Crippen LogP contribution in [0.2, 0.25) is 0 Å². The summed E-state index contributed by atoms with van der Waals surface area (Å²) in [7, 11) is 1.30. The van der Waals surface area contributed by atoms with E-state index in [2.05, 4.69) is 0 Å². The molecule has 0 spiro atoms. The second-order valence-corrected chi connectivity index (χ2v) is 5.54. The van der Waals surface area contributed by atoms with Gasteiger partial charge in [-0.1, -0.05) is 6.07 Å². The molecule has 1 saturated heterocycles. The van der Waals surface area contributed by atoms with E-state index >= 15 is 0 Å². The third-order valence-corrected chi connectivity index (χ3v) is 4.00. The molecule has 0 saturated carbocycles. The van der Waals surface area contributed by atoms with Crippen LogP contribution in [0.15, 0.2) is 18.2 Å².